The highest BCUT2D eigenvalue weighted by Crippen LogP contribution is 2.21. The second-order valence-electron chi connectivity index (χ2n) is 7.62. The van der Waals surface area contributed by atoms with Crippen LogP contribution in [-0.4, -0.2) is 53.1 Å². The number of hydrogen-bond donors (Lipinski definition) is 0. The minimum atomic E-state index is 0.0635. The quantitative estimate of drug-likeness (QED) is 0.680. The van der Waals surface area contributed by atoms with E-state index in [0.29, 0.717) is 24.8 Å². The Kier molecular flexibility index (Phi) is 5.34. The maximum atomic E-state index is 13.0. The van der Waals surface area contributed by atoms with E-state index < -0.39 is 0 Å². The van der Waals surface area contributed by atoms with Crippen molar-refractivity contribution in [2.45, 2.75) is 26.9 Å². The molecule has 2 heterocycles. The molecule has 150 valence electrons. The van der Waals surface area contributed by atoms with Crippen LogP contribution in [0.2, 0.25) is 0 Å². The number of piperazine rings is 1. The molecule has 1 aliphatic rings. The van der Waals surface area contributed by atoms with E-state index in [0.717, 1.165) is 35.2 Å². The van der Waals surface area contributed by atoms with Gasteiger partial charge in [-0.05, 0) is 43.7 Å². The minimum absolute atomic E-state index is 0.0635. The van der Waals surface area contributed by atoms with E-state index in [1.807, 2.05) is 68.1 Å². The third kappa shape index (κ3) is 4.31. The lowest BCUT2D eigenvalue weighted by molar-refractivity contribution is 0.0746. The van der Waals surface area contributed by atoms with E-state index in [-0.39, 0.29) is 12.0 Å². The van der Waals surface area contributed by atoms with Gasteiger partial charge in [-0.15, -0.1) is 0 Å². The summed E-state index contributed by atoms with van der Waals surface area (Å²) in [5.74, 6) is 2.22. The number of fused-ring (bicyclic) bond motifs is 1. The fourth-order valence-electron chi connectivity index (χ4n) is 3.63. The van der Waals surface area contributed by atoms with Crippen LogP contribution in [0.15, 0.2) is 48.5 Å². The average Bonchev–Trinajstić information content (AvgIpc) is 2.72. The van der Waals surface area contributed by atoms with Crippen molar-refractivity contribution in [1.82, 2.24) is 14.9 Å². The van der Waals surface area contributed by atoms with Crippen molar-refractivity contribution >= 4 is 22.5 Å². The number of anilines is 1. The van der Waals surface area contributed by atoms with E-state index in [1.165, 1.54) is 0 Å². The molecule has 0 unspecified atom stereocenters. The molecule has 1 fully saturated rings. The molecule has 0 aliphatic carbocycles. The summed E-state index contributed by atoms with van der Waals surface area (Å²) in [7, 11) is 0. The molecular weight excluding hydrogens is 364 g/mol. The Bertz CT molecular complexity index is 1030. The summed E-state index contributed by atoms with van der Waals surface area (Å²) in [6, 6.07) is 15.9. The van der Waals surface area contributed by atoms with Crippen molar-refractivity contribution < 1.29 is 9.53 Å². The molecule has 0 N–H and O–H groups in total. The van der Waals surface area contributed by atoms with Gasteiger partial charge in [0.1, 0.15) is 11.6 Å². The summed E-state index contributed by atoms with van der Waals surface area (Å²) in [4.78, 5) is 26.0. The number of hydrogen-bond acceptors (Lipinski definition) is 5. The number of amides is 1. The number of ether oxygens (including phenoxy) is 1. The molecule has 1 aliphatic heterocycles. The standard InChI is InChI=1S/C23H26N4O2/c1-16(2)29-22-15-21(24-17(3)25-22)26-10-12-27(13-11-26)23(28)20-9-8-18-6-4-5-7-19(18)14-20/h4-9,14-16H,10-13H2,1-3H3. The van der Waals surface area contributed by atoms with Gasteiger partial charge < -0.3 is 14.5 Å². The van der Waals surface area contributed by atoms with Gasteiger partial charge in [0.05, 0.1) is 6.10 Å². The third-order valence-corrected chi connectivity index (χ3v) is 5.04. The molecule has 0 saturated carbocycles. The maximum Gasteiger partial charge on any atom is 0.253 e. The van der Waals surface area contributed by atoms with Crippen molar-refractivity contribution in [2.24, 2.45) is 0 Å². The molecule has 1 amide bonds. The first-order valence-electron chi connectivity index (χ1n) is 10.0. The molecular formula is C23H26N4O2. The van der Waals surface area contributed by atoms with Gasteiger partial charge in [-0.1, -0.05) is 30.3 Å². The number of carbonyl (C=O) groups excluding carboxylic acids is 1. The van der Waals surface area contributed by atoms with E-state index in [1.54, 1.807) is 0 Å². The molecule has 0 radical (unpaired) electrons. The van der Waals surface area contributed by atoms with Crippen LogP contribution < -0.4 is 9.64 Å². The van der Waals surface area contributed by atoms with Crippen LogP contribution in [0.4, 0.5) is 5.82 Å². The molecule has 29 heavy (non-hydrogen) atoms. The predicted octanol–water partition coefficient (Wildman–Crippen LogP) is 3.69. The first-order chi connectivity index (χ1) is 14.0. The topological polar surface area (TPSA) is 58.6 Å². The van der Waals surface area contributed by atoms with Crippen LogP contribution in [0, 0.1) is 6.92 Å². The van der Waals surface area contributed by atoms with E-state index >= 15 is 0 Å². The Hall–Kier alpha value is -3.15. The Balaban J connectivity index is 1.45. The number of carbonyl (C=O) groups is 1. The Morgan fingerprint density at radius 1 is 0.966 bits per heavy atom. The highest BCUT2D eigenvalue weighted by atomic mass is 16.5. The summed E-state index contributed by atoms with van der Waals surface area (Å²) in [6.07, 6.45) is 0.0635. The zero-order chi connectivity index (χ0) is 20.4. The van der Waals surface area contributed by atoms with Gasteiger partial charge in [-0.2, -0.15) is 4.98 Å². The van der Waals surface area contributed by atoms with Crippen LogP contribution in [0.25, 0.3) is 10.8 Å². The van der Waals surface area contributed by atoms with Crippen LogP contribution in [0.1, 0.15) is 30.0 Å². The second-order valence-corrected chi connectivity index (χ2v) is 7.62. The summed E-state index contributed by atoms with van der Waals surface area (Å²) < 4.78 is 5.74. The number of aryl methyl sites for hydroxylation is 1. The Labute approximate surface area is 171 Å². The molecule has 0 atom stereocenters. The monoisotopic (exact) mass is 390 g/mol. The lowest BCUT2D eigenvalue weighted by Gasteiger charge is -2.35. The van der Waals surface area contributed by atoms with E-state index in [2.05, 4.69) is 20.9 Å². The van der Waals surface area contributed by atoms with Gasteiger partial charge in [-0.3, -0.25) is 4.79 Å². The molecule has 1 saturated heterocycles. The largest absolute Gasteiger partial charge is 0.475 e. The van der Waals surface area contributed by atoms with Crippen molar-refractivity contribution in [2.75, 3.05) is 31.1 Å². The number of rotatable bonds is 4. The third-order valence-electron chi connectivity index (χ3n) is 5.04. The lowest BCUT2D eigenvalue weighted by atomic mass is 10.1. The number of aromatic nitrogens is 2. The van der Waals surface area contributed by atoms with Gasteiger partial charge in [0.2, 0.25) is 5.88 Å². The Morgan fingerprint density at radius 3 is 2.41 bits per heavy atom. The number of nitrogens with zero attached hydrogens (tertiary/aromatic N) is 4. The zero-order valence-electron chi connectivity index (χ0n) is 17.1. The predicted molar refractivity (Wildman–Crippen MR) is 115 cm³/mol. The minimum Gasteiger partial charge on any atom is -0.475 e. The van der Waals surface area contributed by atoms with Crippen LogP contribution in [-0.2, 0) is 0 Å². The van der Waals surface area contributed by atoms with Gasteiger partial charge in [-0.25, -0.2) is 4.98 Å². The molecule has 1 aromatic heterocycles. The summed E-state index contributed by atoms with van der Waals surface area (Å²) in [5.41, 5.74) is 0.739. The van der Waals surface area contributed by atoms with Gasteiger partial charge in [0.15, 0.2) is 0 Å². The van der Waals surface area contributed by atoms with Crippen molar-refractivity contribution in [1.29, 1.82) is 0 Å². The lowest BCUT2D eigenvalue weighted by Crippen LogP contribution is -2.49. The smallest absolute Gasteiger partial charge is 0.253 e. The normalized spacial score (nSPS) is 14.5. The molecule has 3 aromatic rings. The van der Waals surface area contributed by atoms with Gasteiger partial charge in [0, 0.05) is 37.8 Å². The fraction of sp³-hybridized carbons (Fsp3) is 0.348. The van der Waals surface area contributed by atoms with E-state index in [9.17, 15) is 4.79 Å². The van der Waals surface area contributed by atoms with E-state index in [4.69, 9.17) is 4.74 Å². The summed E-state index contributed by atoms with van der Waals surface area (Å²) in [5, 5.41) is 2.23. The highest BCUT2D eigenvalue weighted by molar-refractivity contribution is 5.98. The first-order valence-corrected chi connectivity index (χ1v) is 10.0. The van der Waals surface area contributed by atoms with Crippen molar-refractivity contribution in [3.8, 4) is 5.88 Å². The van der Waals surface area contributed by atoms with Gasteiger partial charge in [0.25, 0.3) is 5.91 Å². The maximum absolute atomic E-state index is 13.0. The zero-order valence-corrected chi connectivity index (χ0v) is 17.1. The number of benzene rings is 2. The Morgan fingerprint density at radius 2 is 1.69 bits per heavy atom. The molecule has 0 spiro atoms. The molecule has 6 nitrogen and oxygen atoms in total. The molecule has 6 heteroatoms. The highest BCUT2D eigenvalue weighted by Gasteiger charge is 2.23. The van der Waals surface area contributed by atoms with Crippen molar-refractivity contribution in [3.63, 3.8) is 0 Å². The second kappa shape index (κ2) is 8.07. The van der Waals surface area contributed by atoms with Crippen LogP contribution >= 0.6 is 0 Å². The molecule has 0 bridgehead atoms. The fourth-order valence-corrected chi connectivity index (χ4v) is 3.63. The molecule has 4 rings (SSSR count). The SMILES string of the molecule is Cc1nc(OC(C)C)cc(N2CCN(C(=O)c3ccc4ccccc4c3)CC2)n1. The van der Waals surface area contributed by atoms with Crippen LogP contribution in [0.5, 0.6) is 5.88 Å². The van der Waals surface area contributed by atoms with Gasteiger partial charge >= 0.3 is 0 Å². The summed E-state index contributed by atoms with van der Waals surface area (Å²) in [6.45, 7) is 8.62. The molecule has 2 aromatic carbocycles. The van der Waals surface area contributed by atoms with Crippen LogP contribution in [0.3, 0.4) is 0 Å². The van der Waals surface area contributed by atoms with Crippen molar-refractivity contribution in [3.05, 3.63) is 59.9 Å². The summed E-state index contributed by atoms with van der Waals surface area (Å²) >= 11 is 0. The first kappa shape index (κ1) is 19.2. The average molecular weight is 390 g/mol.